The number of hydrogen-bond acceptors (Lipinski definition) is 3. The van der Waals surface area contributed by atoms with Crippen molar-refractivity contribution in [1.82, 2.24) is 15.5 Å². The van der Waals surface area contributed by atoms with E-state index < -0.39 is 0 Å². The van der Waals surface area contributed by atoms with Crippen LogP contribution in [0, 0.1) is 0 Å². The molecule has 1 fully saturated rings. The molecule has 25 heavy (non-hydrogen) atoms. The molecule has 1 unspecified atom stereocenters. The lowest BCUT2D eigenvalue weighted by Gasteiger charge is -2.21. The zero-order chi connectivity index (χ0) is 18.2. The Kier molecular flexibility index (Phi) is 7.55. The average molecular weight is 410 g/mol. The predicted octanol–water partition coefficient (Wildman–Crippen LogP) is 2.06. The smallest absolute Gasteiger partial charge is 0.243 e. The first kappa shape index (κ1) is 19.6. The van der Waals surface area contributed by atoms with Crippen LogP contribution in [0.5, 0.6) is 0 Å². The van der Waals surface area contributed by atoms with E-state index in [1.807, 2.05) is 6.07 Å². The molecule has 0 radical (unpaired) electrons. The summed E-state index contributed by atoms with van der Waals surface area (Å²) in [6.07, 6.45) is 2.05. The van der Waals surface area contributed by atoms with Gasteiger partial charge < -0.3 is 20.4 Å². The molecule has 0 aromatic heterocycles. The van der Waals surface area contributed by atoms with Crippen LogP contribution in [-0.4, -0.2) is 63.1 Å². The van der Waals surface area contributed by atoms with E-state index in [1.54, 1.807) is 19.0 Å². The highest BCUT2D eigenvalue weighted by Gasteiger charge is 2.24. The maximum absolute atomic E-state index is 11.8. The summed E-state index contributed by atoms with van der Waals surface area (Å²) >= 11 is 3.63. The minimum absolute atomic E-state index is 0.00105. The quantitative estimate of drug-likeness (QED) is 0.557. The fourth-order valence-electron chi connectivity index (χ4n) is 2.68. The van der Waals surface area contributed by atoms with E-state index in [4.69, 9.17) is 0 Å². The molecule has 1 aromatic carbocycles. The van der Waals surface area contributed by atoms with Crippen molar-refractivity contribution >= 4 is 33.5 Å². The molecule has 1 aromatic rings. The number of nitrogens with zero attached hydrogens (tertiary/aromatic N) is 3. The van der Waals surface area contributed by atoms with Crippen molar-refractivity contribution in [2.75, 3.05) is 45.2 Å². The number of rotatable bonds is 6. The topological polar surface area (TPSA) is 60.0 Å². The van der Waals surface area contributed by atoms with E-state index in [0.29, 0.717) is 6.04 Å². The number of halogens is 1. The molecule has 7 heteroatoms. The molecule has 0 saturated carbocycles. The lowest BCUT2D eigenvalue weighted by Crippen LogP contribution is -2.45. The van der Waals surface area contributed by atoms with Crippen molar-refractivity contribution in [2.24, 2.45) is 4.99 Å². The van der Waals surface area contributed by atoms with E-state index in [-0.39, 0.29) is 12.5 Å². The van der Waals surface area contributed by atoms with Gasteiger partial charge in [-0.1, -0.05) is 19.1 Å². The second-order valence-corrected chi connectivity index (χ2v) is 7.26. The number of carbonyl (C=O) groups is 1. The lowest BCUT2D eigenvalue weighted by molar-refractivity contribution is -0.127. The molecule has 0 bridgehead atoms. The number of guanidine groups is 1. The number of anilines is 1. The summed E-state index contributed by atoms with van der Waals surface area (Å²) < 4.78 is 1.12. The molecule has 2 N–H and O–H groups in total. The molecule has 0 spiro atoms. The van der Waals surface area contributed by atoms with Gasteiger partial charge in [-0.2, -0.15) is 0 Å². The highest BCUT2D eigenvalue weighted by Crippen LogP contribution is 2.28. The van der Waals surface area contributed by atoms with Crippen molar-refractivity contribution < 1.29 is 4.79 Å². The molecule has 1 amide bonds. The SMILES string of the molecule is CCCNC(=NCC(=O)N(C)C)NC1CCN(c2ccccc2Br)C1. The maximum atomic E-state index is 11.8. The molecule has 1 saturated heterocycles. The third kappa shape index (κ3) is 5.92. The third-order valence-corrected chi connectivity index (χ3v) is 4.81. The standard InChI is InChI=1S/C18H28BrN5O/c1-4-10-20-18(21-12-17(25)23(2)3)22-14-9-11-24(13-14)16-8-6-5-7-15(16)19/h5-8,14H,4,9-13H2,1-3H3,(H2,20,21,22). The predicted molar refractivity (Wildman–Crippen MR) is 107 cm³/mol. The van der Waals surface area contributed by atoms with Gasteiger partial charge in [-0.05, 0) is 40.9 Å². The van der Waals surface area contributed by atoms with E-state index in [9.17, 15) is 4.79 Å². The second kappa shape index (κ2) is 9.65. The molecule has 1 aliphatic rings. The number of hydrogen-bond donors (Lipinski definition) is 2. The first-order valence-electron chi connectivity index (χ1n) is 8.75. The number of nitrogens with one attached hydrogen (secondary N) is 2. The molecule has 1 heterocycles. The van der Waals surface area contributed by atoms with Gasteiger partial charge in [-0.25, -0.2) is 4.99 Å². The number of amides is 1. The van der Waals surface area contributed by atoms with E-state index in [2.05, 4.69) is 61.6 Å². The summed E-state index contributed by atoms with van der Waals surface area (Å²) in [5, 5.41) is 6.77. The summed E-state index contributed by atoms with van der Waals surface area (Å²) in [4.78, 5) is 20.1. The van der Waals surface area contributed by atoms with Crippen molar-refractivity contribution in [3.63, 3.8) is 0 Å². The Labute approximate surface area is 158 Å². The van der Waals surface area contributed by atoms with Crippen molar-refractivity contribution in [1.29, 1.82) is 0 Å². The zero-order valence-corrected chi connectivity index (χ0v) is 16.8. The Morgan fingerprint density at radius 3 is 2.84 bits per heavy atom. The summed E-state index contributed by atoms with van der Waals surface area (Å²) in [5.74, 6) is 0.717. The van der Waals surface area contributed by atoms with Crippen LogP contribution < -0.4 is 15.5 Å². The van der Waals surface area contributed by atoms with Crippen molar-refractivity contribution in [3.8, 4) is 0 Å². The fraction of sp³-hybridized carbons (Fsp3) is 0.556. The Hall–Kier alpha value is -1.76. The van der Waals surface area contributed by atoms with Gasteiger partial charge in [0, 0.05) is 44.2 Å². The van der Waals surface area contributed by atoms with Crippen LogP contribution >= 0.6 is 15.9 Å². The molecule has 0 aliphatic carbocycles. The van der Waals surface area contributed by atoms with Crippen LogP contribution in [0.2, 0.25) is 0 Å². The Morgan fingerprint density at radius 1 is 1.40 bits per heavy atom. The molecule has 1 atom stereocenters. The fourth-order valence-corrected chi connectivity index (χ4v) is 3.22. The van der Waals surface area contributed by atoms with E-state index >= 15 is 0 Å². The van der Waals surface area contributed by atoms with Crippen molar-refractivity contribution in [2.45, 2.75) is 25.8 Å². The van der Waals surface area contributed by atoms with Crippen LogP contribution in [0.3, 0.4) is 0 Å². The Balaban J connectivity index is 1.96. The second-order valence-electron chi connectivity index (χ2n) is 6.41. The Bertz CT molecular complexity index is 605. The molecular formula is C18H28BrN5O. The van der Waals surface area contributed by atoms with Crippen LogP contribution in [0.4, 0.5) is 5.69 Å². The minimum atomic E-state index is -0.00105. The van der Waals surface area contributed by atoms with Gasteiger partial charge in [0.2, 0.25) is 5.91 Å². The third-order valence-electron chi connectivity index (χ3n) is 4.14. The Morgan fingerprint density at radius 2 is 2.16 bits per heavy atom. The van der Waals surface area contributed by atoms with Crippen LogP contribution in [-0.2, 0) is 4.79 Å². The summed E-state index contributed by atoms with van der Waals surface area (Å²) in [6, 6.07) is 8.60. The zero-order valence-electron chi connectivity index (χ0n) is 15.3. The largest absolute Gasteiger partial charge is 0.368 e. The van der Waals surface area contributed by atoms with Gasteiger partial charge in [0.15, 0.2) is 5.96 Å². The summed E-state index contributed by atoms with van der Waals surface area (Å²) in [6.45, 7) is 5.02. The number of benzene rings is 1. The maximum Gasteiger partial charge on any atom is 0.243 e. The highest BCUT2D eigenvalue weighted by atomic mass is 79.9. The summed E-state index contributed by atoms with van der Waals surface area (Å²) in [7, 11) is 3.49. The first-order valence-corrected chi connectivity index (χ1v) is 9.55. The lowest BCUT2D eigenvalue weighted by atomic mass is 10.2. The van der Waals surface area contributed by atoms with E-state index in [1.165, 1.54) is 5.69 Å². The van der Waals surface area contributed by atoms with Gasteiger partial charge in [0.1, 0.15) is 6.54 Å². The van der Waals surface area contributed by atoms with Gasteiger partial charge in [-0.3, -0.25) is 4.79 Å². The highest BCUT2D eigenvalue weighted by molar-refractivity contribution is 9.10. The minimum Gasteiger partial charge on any atom is -0.368 e. The van der Waals surface area contributed by atoms with E-state index in [0.717, 1.165) is 42.9 Å². The van der Waals surface area contributed by atoms with Crippen molar-refractivity contribution in [3.05, 3.63) is 28.7 Å². The number of likely N-dealkylation sites (N-methyl/N-ethyl adjacent to an activating group) is 1. The van der Waals surface area contributed by atoms with Gasteiger partial charge >= 0.3 is 0 Å². The van der Waals surface area contributed by atoms with Crippen LogP contribution in [0.25, 0.3) is 0 Å². The van der Waals surface area contributed by atoms with Gasteiger partial charge in [0.05, 0.1) is 5.69 Å². The van der Waals surface area contributed by atoms with Crippen LogP contribution in [0.1, 0.15) is 19.8 Å². The normalized spacial score (nSPS) is 17.5. The molecule has 1 aliphatic heterocycles. The molecule has 6 nitrogen and oxygen atoms in total. The first-order chi connectivity index (χ1) is 12.0. The molecular weight excluding hydrogens is 382 g/mol. The van der Waals surface area contributed by atoms with Gasteiger partial charge in [-0.15, -0.1) is 0 Å². The summed E-state index contributed by atoms with van der Waals surface area (Å²) in [5.41, 5.74) is 1.22. The van der Waals surface area contributed by atoms with Gasteiger partial charge in [0.25, 0.3) is 0 Å². The van der Waals surface area contributed by atoms with Crippen LogP contribution in [0.15, 0.2) is 33.7 Å². The number of carbonyl (C=O) groups excluding carboxylic acids is 1. The molecule has 138 valence electrons. The number of para-hydroxylation sites is 1. The average Bonchev–Trinajstić information content (AvgIpc) is 3.05. The molecule has 2 rings (SSSR count). The number of aliphatic imine (C=N–C) groups is 1. The monoisotopic (exact) mass is 409 g/mol.